The Morgan fingerprint density at radius 2 is 2.12 bits per heavy atom. The van der Waals surface area contributed by atoms with Gasteiger partial charge in [-0.1, -0.05) is 23.8 Å². The van der Waals surface area contributed by atoms with Gasteiger partial charge in [-0.2, -0.15) is 0 Å². The fourth-order valence-corrected chi connectivity index (χ4v) is 1.84. The smallest absolute Gasteiger partial charge is 0.354 e. The molecule has 0 spiro atoms. The molecule has 0 radical (unpaired) electrons. The van der Waals surface area contributed by atoms with E-state index in [-0.39, 0.29) is 5.97 Å². The van der Waals surface area contributed by atoms with Crippen LogP contribution in [0.3, 0.4) is 0 Å². The molecule has 0 aliphatic rings. The number of methoxy groups -OCH3 is 1. The number of allylic oxidation sites excluding steroid dienone is 1. The van der Waals surface area contributed by atoms with Crippen LogP contribution in [0.1, 0.15) is 29.9 Å². The Kier molecular flexibility index (Phi) is 3.00. The van der Waals surface area contributed by atoms with Crippen LogP contribution in [0.5, 0.6) is 0 Å². The lowest BCUT2D eigenvalue weighted by atomic mass is 10.1. The third kappa shape index (κ3) is 2.23. The zero-order chi connectivity index (χ0) is 12.4. The lowest BCUT2D eigenvalue weighted by Gasteiger charge is -1.97. The number of aromatic amines is 1. The number of H-pyrrole nitrogens is 1. The van der Waals surface area contributed by atoms with Crippen LogP contribution >= 0.6 is 0 Å². The molecule has 0 saturated heterocycles. The Morgan fingerprint density at radius 1 is 1.35 bits per heavy atom. The fourth-order valence-electron chi connectivity index (χ4n) is 1.84. The first kappa shape index (κ1) is 11.5. The number of nitrogens with one attached hydrogen (secondary N) is 1. The summed E-state index contributed by atoms with van der Waals surface area (Å²) in [7, 11) is 1.38. The molecule has 17 heavy (non-hydrogen) atoms. The number of esters is 1. The second kappa shape index (κ2) is 4.45. The third-order valence-corrected chi connectivity index (χ3v) is 2.55. The number of carbonyl (C=O) groups excluding carboxylic acids is 1. The maximum Gasteiger partial charge on any atom is 0.354 e. The van der Waals surface area contributed by atoms with Crippen LogP contribution in [0.2, 0.25) is 0 Å². The van der Waals surface area contributed by atoms with E-state index in [1.807, 2.05) is 38.1 Å². The largest absolute Gasteiger partial charge is 0.464 e. The quantitative estimate of drug-likeness (QED) is 0.802. The van der Waals surface area contributed by atoms with E-state index in [1.165, 1.54) is 12.7 Å². The first-order valence-corrected chi connectivity index (χ1v) is 5.47. The molecule has 1 N–H and O–H groups in total. The highest BCUT2D eigenvalue weighted by molar-refractivity contribution is 5.97. The van der Waals surface area contributed by atoms with Gasteiger partial charge >= 0.3 is 5.97 Å². The van der Waals surface area contributed by atoms with Gasteiger partial charge in [0.15, 0.2) is 0 Å². The Morgan fingerprint density at radius 3 is 2.76 bits per heavy atom. The van der Waals surface area contributed by atoms with E-state index in [1.54, 1.807) is 0 Å². The molecule has 1 aromatic carbocycles. The summed E-state index contributed by atoms with van der Waals surface area (Å²) in [5, 5.41) is 1.04. The van der Waals surface area contributed by atoms with Crippen molar-refractivity contribution in [2.24, 2.45) is 0 Å². The summed E-state index contributed by atoms with van der Waals surface area (Å²) in [6, 6.07) is 7.78. The van der Waals surface area contributed by atoms with Crippen molar-refractivity contribution in [3.63, 3.8) is 0 Å². The van der Waals surface area contributed by atoms with E-state index in [0.717, 1.165) is 16.5 Å². The summed E-state index contributed by atoms with van der Waals surface area (Å²) in [5.74, 6) is -0.343. The van der Waals surface area contributed by atoms with E-state index in [9.17, 15) is 4.79 Å². The van der Waals surface area contributed by atoms with Crippen molar-refractivity contribution < 1.29 is 9.53 Å². The normalized spacial score (nSPS) is 10.3. The summed E-state index contributed by atoms with van der Waals surface area (Å²) in [6.07, 6.45) is 2.09. The first-order chi connectivity index (χ1) is 8.11. The van der Waals surface area contributed by atoms with Crippen LogP contribution in [0, 0.1) is 0 Å². The van der Waals surface area contributed by atoms with Crippen molar-refractivity contribution in [2.45, 2.75) is 13.8 Å². The summed E-state index contributed by atoms with van der Waals surface area (Å²) >= 11 is 0. The number of ether oxygens (including phenoxy) is 1. The van der Waals surface area contributed by atoms with Crippen LogP contribution < -0.4 is 0 Å². The molecule has 3 nitrogen and oxygen atoms in total. The third-order valence-electron chi connectivity index (χ3n) is 2.55. The van der Waals surface area contributed by atoms with Crippen molar-refractivity contribution >= 4 is 22.9 Å². The van der Waals surface area contributed by atoms with E-state index in [2.05, 4.69) is 11.1 Å². The maximum absolute atomic E-state index is 11.4. The van der Waals surface area contributed by atoms with Crippen LogP contribution in [0.15, 0.2) is 29.8 Å². The van der Waals surface area contributed by atoms with Crippen LogP contribution in [0.25, 0.3) is 17.0 Å². The van der Waals surface area contributed by atoms with Gasteiger partial charge in [-0.15, -0.1) is 0 Å². The summed E-state index contributed by atoms with van der Waals surface area (Å²) in [6.45, 7) is 4.10. The monoisotopic (exact) mass is 229 g/mol. The van der Waals surface area contributed by atoms with Crippen LogP contribution in [-0.4, -0.2) is 18.1 Å². The number of fused-ring (bicyclic) bond motifs is 1. The van der Waals surface area contributed by atoms with Gasteiger partial charge in [-0.25, -0.2) is 4.79 Å². The van der Waals surface area contributed by atoms with E-state index in [0.29, 0.717) is 5.69 Å². The predicted molar refractivity (Wildman–Crippen MR) is 69.0 cm³/mol. The van der Waals surface area contributed by atoms with Crippen molar-refractivity contribution in [3.05, 3.63) is 41.1 Å². The van der Waals surface area contributed by atoms with E-state index < -0.39 is 0 Å². The number of aromatic nitrogens is 1. The van der Waals surface area contributed by atoms with Gasteiger partial charge in [0.2, 0.25) is 0 Å². The minimum absolute atomic E-state index is 0.343. The van der Waals surface area contributed by atoms with Crippen molar-refractivity contribution in [1.82, 2.24) is 4.98 Å². The standard InChI is InChI=1S/C14H15NO2/c1-9(2)7-10-5-4-6-12-11(10)8-13(15-12)14(16)17-3/h4-8,15H,1-3H3. The molecule has 1 aromatic heterocycles. The Hall–Kier alpha value is -2.03. The highest BCUT2D eigenvalue weighted by atomic mass is 16.5. The van der Waals surface area contributed by atoms with Gasteiger partial charge in [-0.05, 0) is 31.5 Å². The Balaban J connectivity index is 2.60. The van der Waals surface area contributed by atoms with Gasteiger partial charge in [0.1, 0.15) is 5.69 Å². The highest BCUT2D eigenvalue weighted by Gasteiger charge is 2.10. The molecular formula is C14H15NO2. The molecule has 2 aromatic rings. The molecular weight excluding hydrogens is 214 g/mol. The molecule has 0 saturated carbocycles. The minimum Gasteiger partial charge on any atom is -0.464 e. The van der Waals surface area contributed by atoms with Gasteiger partial charge in [0.25, 0.3) is 0 Å². The number of rotatable bonds is 2. The summed E-state index contributed by atoms with van der Waals surface area (Å²) < 4.78 is 4.70. The van der Waals surface area contributed by atoms with E-state index in [4.69, 9.17) is 4.74 Å². The van der Waals surface area contributed by atoms with Gasteiger partial charge in [-0.3, -0.25) is 0 Å². The fraction of sp³-hybridized carbons (Fsp3) is 0.214. The second-order valence-corrected chi connectivity index (χ2v) is 4.20. The lowest BCUT2D eigenvalue weighted by Crippen LogP contribution is -2.00. The number of carbonyl (C=O) groups is 1. The molecule has 1 heterocycles. The van der Waals surface area contributed by atoms with E-state index >= 15 is 0 Å². The summed E-state index contributed by atoms with van der Waals surface area (Å²) in [4.78, 5) is 14.5. The Bertz CT molecular complexity index is 589. The molecule has 88 valence electrons. The zero-order valence-electron chi connectivity index (χ0n) is 10.2. The molecule has 0 aliphatic carbocycles. The van der Waals surface area contributed by atoms with Crippen LogP contribution in [0.4, 0.5) is 0 Å². The molecule has 3 heteroatoms. The molecule has 0 fully saturated rings. The van der Waals surface area contributed by atoms with Crippen molar-refractivity contribution in [3.8, 4) is 0 Å². The molecule has 0 bridgehead atoms. The SMILES string of the molecule is COC(=O)c1cc2c(C=C(C)C)cccc2[nH]1. The predicted octanol–water partition coefficient (Wildman–Crippen LogP) is 3.38. The molecule has 0 amide bonds. The molecule has 2 rings (SSSR count). The second-order valence-electron chi connectivity index (χ2n) is 4.20. The van der Waals surface area contributed by atoms with Crippen molar-refractivity contribution in [1.29, 1.82) is 0 Å². The first-order valence-electron chi connectivity index (χ1n) is 5.47. The van der Waals surface area contributed by atoms with Crippen LogP contribution in [-0.2, 0) is 4.74 Å². The zero-order valence-corrected chi connectivity index (χ0v) is 10.2. The number of hydrogen-bond donors (Lipinski definition) is 1. The number of hydrogen-bond acceptors (Lipinski definition) is 2. The highest BCUT2D eigenvalue weighted by Crippen LogP contribution is 2.22. The molecule has 0 unspecified atom stereocenters. The minimum atomic E-state index is -0.343. The summed E-state index contributed by atoms with van der Waals surface area (Å²) in [5.41, 5.74) is 3.75. The topological polar surface area (TPSA) is 42.1 Å². The molecule has 0 atom stereocenters. The Labute approximate surface area is 100 Å². The number of benzene rings is 1. The van der Waals surface area contributed by atoms with Gasteiger partial charge in [0, 0.05) is 10.9 Å². The van der Waals surface area contributed by atoms with Gasteiger partial charge < -0.3 is 9.72 Å². The average molecular weight is 229 g/mol. The van der Waals surface area contributed by atoms with Crippen molar-refractivity contribution in [2.75, 3.05) is 7.11 Å². The molecule has 0 aliphatic heterocycles. The van der Waals surface area contributed by atoms with Gasteiger partial charge in [0.05, 0.1) is 7.11 Å². The average Bonchev–Trinajstić information content (AvgIpc) is 2.72. The maximum atomic E-state index is 11.4. The lowest BCUT2D eigenvalue weighted by molar-refractivity contribution is 0.0595.